The van der Waals surface area contributed by atoms with Gasteiger partial charge in [0.15, 0.2) is 0 Å². The van der Waals surface area contributed by atoms with Crippen LogP contribution in [-0.2, 0) is 0 Å². The van der Waals surface area contributed by atoms with E-state index in [1.165, 1.54) is 11.2 Å². The molecule has 9 nitrogen and oxygen atoms in total. The summed E-state index contributed by atoms with van der Waals surface area (Å²) in [7, 11) is 0. The molecular formula is C20H19N7O2. The molecule has 5 heterocycles. The van der Waals surface area contributed by atoms with Crippen molar-refractivity contribution in [3.63, 3.8) is 0 Å². The maximum absolute atomic E-state index is 11.1. The molecule has 1 aliphatic rings. The van der Waals surface area contributed by atoms with E-state index in [9.17, 15) is 4.79 Å². The Balaban J connectivity index is 1.47. The van der Waals surface area contributed by atoms with Crippen LogP contribution < -0.4 is 5.32 Å². The first-order chi connectivity index (χ1) is 14.1. The Hall–Kier alpha value is -3.88. The highest BCUT2D eigenvalue weighted by molar-refractivity contribution is 5.92. The summed E-state index contributed by atoms with van der Waals surface area (Å²) >= 11 is 0. The fourth-order valence-corrected chi connectivity index (χ4v) is 3.63. The molecule has 146 valence electrons. The SMILES string of the molecule is Cc1ncn2ccc(Nc3ncnc4[nH]c(C5=CCN(C(=O)O)CC5)cc34)cc12. The molecule has 4 aromatic heterocycles. The molecule has 1 aliphatic heterocycles. The van der Waals surface area contributed by atoms with Gasteiger partial charge in [-0.1, -0.05) is 6.08 Å². The number of amides is 1. The zero-order valence-electron chi connectivity index (χ0n) is 15.8. The predicted molar refractivity (Wildman–Crippen MR) is 109 cm³/mol. The molecule has 0 saturated carbocycles. The lowest BCUT2D eigenvalue weighted by Crippen LogP contribution is -2.33. The molecule has 0 aromatic carbocycles. The first-order valence-corrected chi connectivity index (χ1v) is 9.30. The Bertz CT molecular complexity index is 1270. The van der Waals surface area contributed by atoms with Crippen LogP contribution in [0, 0.1) is 6.92 Å². The molecule has 4 aromatic rings. The minimum atomic E-state index is -0.889. The average Bonchev–Trinajstić information content (AvgIpc) is 3.33. The molecular weight excluding hydrogens is 370 g/mol. The molecule has 1 amide bonds. The maximum Gasteiger partial charge on any atom is 0.407 e. The molecule has 3 N–H and O–H groups in total. The molecule has 0 aliphatic carbocycles. The number of H-pyrrole nitrogens is 1. The third kappa shape index (κ3) is 3.06. The second-order valence-corrected chi connectivity index (χ2v) is 7.04. The van der Waals surface area contributed by atoms with Crippen molar-refractivity contribution in [1.29, 1.82) is 0 Å². The number of anilines is 2. The van der Waals surface area contributed by atoms with Crippen molar-refractivity contribution >= 4 is 39.7 Å². The zero-order valence-corrected chi connectivity index (χ0v) is 15.8. The van der Waals surface area contributed by atoms with Crippen molar-refractivity contribution in [1.82, 2.24) is 29.2 Å². The minimum absolute atomic E-state index is 0.390. The van der Waals surface area contributed by atoms with Gasteiger partial charge in [0.1, 0.15) is 17.8 Å². The second kappa shape index (κ2) is 6.62. The largest absolute Gasteiger partial charge is 0.465 e. The van der Waals surface area contributed by atoms with E-state index >= 15 is 0 Å². The summed E-state index contributed by atoms with van der Waals surface area (Å²) in [5.41, 5.74) is 5.67. The summed E-state index contributed by atoms with van der Waals surface area (Å²) in [4.78, 5) is 28.9. The molecule has 0 saturated heterocycles. The van der Waals surface area contributed by atoms with Gasteiger partial charge in [-0.2, -0.15) is 0 Å². The zero-order chi connectivity index (χ0) is 20.0. The summed E-state index contributed by atoms with van der Waals surface area (Å²) in [6, 6.07) is 6.02. The highest BCUT2D eigenvalue weighted by Crippen LogP contribution is 2.29. The van der Waals surface area contributed by atoms with Crippen LogP contribution in [0.2, 0.25) is 0 Å². The summed E-state index contributed by atoms with van der Waals surface area (Å²) in [6.45, 7) is 2.85. The van der Waals surface area contributed by atoms with Gasteiger partial charge in [0.25, 0.3) is 0 Å². The van der Waals surface area contributed by atoms with Crippen molar-refractivity contribution in [3.8, 4) is 0 Å². The topological polar surface area (TPSA) is 111 Å². The van der Waals surface area contributed by atoms with Gasteiger partial charge in [0, 0.05) is 30.7 Å². The lowest BCUT2D eigenvalue weighted by atomic mass is 10.1. The van der Waals surface area contributed by atoms with E-state index in [1.807, 2.05) is 41.8 Å². The van der Waals surface area contributed by atoms with Gasteiger partial charge in [-0.25, -0.2) is 19.7 Å². The fraction of sp³-hybridized carbons (Fsp3) is 0.200. The number of hydrogen-bond donors (Lipinski definition) is 3. The number of rotatable bonds is 3. The minimum Gasteiger partial charge on any atom is -0.465 e. The molecule has 5 rings (SSSR count). The van der Waals surface area contributed by atoms with E-state index in [0.29, 0.717) is 25.3 Å². The van der Waals surface area contributed by atoms with E-state index in [1.54, 1.807) is 6.33 Å². The van der Waals surface area contributed by atoms with Crippen LogP contribution in [0.4, 0.5) is 16.3 Å². The van der Waals surface area contributed by atoms with Crippen LogP contribution in [0.1, 0.15) is 17.8 Å². The molecule has 29 heavy (non-hydrogen) atoms. The summed E-state index contributed by atoms with van der Waals surface area (Å²) in [6.07, 6.45) is 6.99. The van der Waals surface area contributed by atoms with Gasteiger partial charge in [-0.15, -0.1) is 0 Å². The quantitative estimate of drug-likeness (QED) is 0.495. The molecule has 0 atom stereocenters. The second-order valence-electron chi connectivity index (χ2n) is 7.04. The van der Waals surface area contributed by atoms with Crippen LogP contribution in [0.5, 0.6) is 0 Å². The first-order valence-electron chi connectivity index (χ1n) is 9.30. The van der Waals surface area contributed by atoms with Gasteiger partial charge in [-0.05, 0) is 37.1 Å². The summed E-state index contributed by atoms with van der Waals surface area (Å²) < 4.78 is 1.97. The van der Waals surface area contributed by atoms with Gasteiger partial charge in [-0.3, -0.25) is 0 Å². The number of carbonyl (C=O) groups is 1. The van der Waals surface area contributed by atoms with Crippen molar-refractivity contribution in [3.05, 3.63) is 54.5 Å². The van der Waals surface area contributed by atoms with Gasteiger partial charge >= 0.3 is 6.09 Å². The molecule has 0 fully saturated rings. The van der Waals surface area contributed by atoms with Gasteiger partial charge in [0.2, 0.25) is 0 Å². The Morgan fingerprint density at radius 1 is 1.28 bits per heavy atom. The fourth-order valence-electron chi connectivity index (χ4n) is 3.63. The molecule has 0 spiro atoms. The predicted octanol–water partition coefficient (Wildman–Crippen LogP) is 3.42. The Morgan fingerprint density at radius 3 is 2.97 bits per heavy atom. The van der Waals surface area contributed by atoms with Gasteiger partial charge in [0.05, 0.1) is 22.9 Å². The average molecular weight is 389 g/mol. The third-order valence-corrected chi connectivity index (χ3v) is 5.25. The number of fused-ring (bicyclic) bond motifs is 2. The summed E-state index contributed by atoms with van der Waals surface area (Å²) in [5.74, 6) is 0.711. The lowest BCUT2D eigenvalue weighted by Gasteiger charge is -2.23. The van der Waals surface area contributed by atoms with Gasteiger partial charge < -0.3 is 24.7 Å². The number of carboxylic acid groups (broad SMARTS) is 1. The van der Waals surface area contributed by atoms with E-state index in [-0.39, 0.29) is 0 Å². The van der Waals surface area contributed by atoms with Crippen LogP contribution >= 0.6 is 0 Å². The number of imidazole rings is 1. The van der Waals surface area contributed by atoms with Crippen molar-refractivity contribution in [2.75, 3.05) is 18.4 Å². The molecule has 9 heteroatoms. The third-order valence-electron chi connectivity index (χ3n) is 5.25. The Kier molecular flexibility index (Phi) is 3.94. The van der Waals surface area contributed by atoms with Crippen LogP contribution in [-0.4, -0.2) is 53.5 Å². The normalized spacial score (nSPS) is 14.4. The van der Waals surface area contributed by atoms with Crippen LogP contribution in [0.3, 0.4) is 0 Å². The highest BCUT2D eigenvalue weighted by atomic mass is 16.4. The van der Waals surface area contributed by atoms with Crippen LogP contribution in [0.15, 0.2) is 43.1 Å². The van der Waals surface area contributed by atoms with E-state index in [0.717, 1.165) is 39.2 Å². The van der Waals surface area contributed by atoms with Crippen molar-refractivity contribution in [2.45, 2.75) is 13.3 Å². The number of nitrogens with one attached hydrogen (secondary N) is 2. The molecule has 0 bridgehead atoms. The first kappa shape index (κ1) is 17.2. The number of pyridine rings is 1. The highest BCUT2D eigenvalue weighted by Gasteiger charge is 2.18. The van der Waals surface area contributed by atoms with E-state index < -0.39 is 6.09 Å². The standard InChI is InChI=1S/C20H19N7O2/c1-12-17-8-14(4-7-27(17)11-23-12)24-18-15-9-16(25-19(15)22-10-21-18)13-2-5-26(6-3-13)20(28)29/h2,4,7-11H,3,5-6H2,1H3,(H,28,29)(H2,21,22,24,25). The number of aromatic amines is 1. The smallest absolute Gasteiger partial charge is 0.407 e. The number of aromatic nitrogens is 5. The van der Waals surface area contributed by atoms with Crippen LogP contribution in [0.25, 0.3) is 22.1 Å². The monoisotopic (exact) mass is 389 g/mol. The Morgan fingerprint density at radius 2 is 2.17 bits per heavy atom. The number of aryl methyl sites for hydroxylation is 1. The van der Waals surface area contributed by atoms with Crippen molar-refractivity contribution in [2.24, 2.45) is 0 Å². The van der Waals surface area contributed by atoms with Crippen molar-refractivity contribution < 1.29 is 9.90 Å². The van der Waals surface area contributed by atoms with E-state index in [2.05, 4.69) is 25.3 Å². The summed E-state index contributed by atoms with van der Waals surface area (Å²) in [5, 5.41) is 13.4. The Labute approximate surface area is 165 Å². The number of nitrogens with zero attached hydrogens (tertiary/aromatic N) is 5. The van der Waals surface area contributed by atoms with E-state index in [4.69, 9.17) is 5.11 Å². The lowest BCUT2D eigenvalue weighted by molar-refractivity contribution is 0.150. The maximum atomic E-state index is 11.1. The molecule has 0 unspecified atom stereocenters. The number of hydrogen-bond acceptors (Lipinski definition) is 5. The molecule has 0 radical (unpaired) electrons.